The van der Waals surface area contributed by atoms with Gasteiger partial charge < -0.3 is 14.5 Å². The van der Waals surface area contributed by atoms with Gasteiger partial charge in [-0.05, 0) is 18.2 Å². The molecule has 10 heteroatoms. The highest BCUT2D eigenvalue weighted by Crippen LogP contribution is 2.28. The number of nitrogens with one attached hydrogen (secondary N) is 1. The maximum absolute atomic E-state index is 12.4. The zero-order chi connectivity index (χ0) is 19.5. The van der Waals surface area contributed by atoms with Crippen molar-refractivity contribution in [2.45, 2.75) is 6.54 Å². The summed E-state index contributed by atoms with van der Waals surface area (Å²) in [4.78, 5) is 28.2. The minimum atomic E-state index is -0.390. The van der Waals surface area contributed by atoms with Crippen LogP contribution in [0.4, 0.5) is 0 Å². The topological polar surface area (TPSA) is 117 Å². The number of rotatable bonds is 6. The van der Waals surface area contributed by atoms with Crippen LogP contribution in [0.1, 0.15) is 10.6 Å². The molecule has 0 fully saturated rings. The first kappa shape index (κ1) is 17.5. The normalized spacial score (nSPS) is 10.9. The Morgan fingerprint density at radius 2 is 2.18 bits per heavy atom. The predicted octanol–water partition coefficient (Wildman–Crippen LogP) is 1.01. The maximum Gasteiger partial charge on any atom is 0.287 e. The molecule has 0 radical (unpaired) electrons. The number of carbonyl (C=O) groups excluding carboxylic acids is 1. The minimum absolute atomic E-state index is 0.163. The first-order chi connectivity index (χ1) is 13.7. The molecule has 0 saturated carbocycles. The fourth-order valence-corrected chi connectivity index (χ4v) is 2.72. The molecule has 4 aromatic rings. The molecule has 3 heterocycles. The highest BCUT2D eigenvalue weighted by molar-refractivity contribution is 5.97. The van der Waals surface area contributed by atoms with Crippen LogP contribution in [0.5, 0.6) is 5.75 Å². The largest absolute Gasteiger partial charge is 0.493 e. The zero-order valence-corrected chi connectivity index (χ0v) is 14.9. The molecule has 10 nitrogen and oxygen atoms in total. The number of furan rings is 1. The van der Waals surface area contributed by atoms with Gasteiger partial charge in [-0.1, -0.05) is 12.1 Å². The van der Waals surface area contributed by atoms with Gasteiger partial charge in [0.25, 0.3) is 11.5 Å². The van der Waals surface area contributed by atoms with Crippen LogP contribution >= 0.6 is 0 Å². The Hall–Kier alpha value is -3.95. The molecular weight excluding hydrogens is 364 g/mol. The van der Waals surface area contributed by atoms with Crippen LogP contribution in [0, 0.1) is 0 Å². The van der Waals surface area contributed by atoms with E-state index in [2.05, 4.69) is 20.5 Å². The van der Waals surface area contributed by atoms with Gasteiger partial charge in [0, 0.05) is 18.0 Å². The number of aromatic nitrogens is 5. The van der Waals surface area contributed by atoms with E-state index in [4.69, 9.17) is 9.15 Å². The molecule has 0 aliphatic carbocycles. The Morgan fingerprint density at radius 1 is 1.29 bits per heavy atom. The van der Waals surface area contributed by atoms with Crippen molar-refractivity contribution in [1.82, 2.24) is 29.9 Å². The lowest BCUT2D eigenvalue weighted by Gasteiger charge is -2.07. The van der Waals surface area contributed by atoms with Crippen molar-refractivity contribution in [3.63, 3.8) is 0 Å². The standard InChI is InChI=1S/C18H16N6O4/c1-27-13-4-2-3-12-9-14(28-17(12)13)18(26)20-7-8-23-16(25)6-5-15(22-23)24-11-19-10-21-24/h2-6,9-11H,7-8H2,1H3,(H,20,26). The van der Waals surface area contributed by atoms with Gasteiger partial charge in [-0.3, -0.25) is 9.59 Å². The Bertz CT molecular complexity index is 1180. The highest BCUT2D eigenvalue weighted by atomic mass is 16.5. The number of nitrogens with zero attached hydrogens (tertiary/aromatic N) is 5. The summed E-state index contributed by atoms with van der Waals surface area (Å²) in [6.45, 7) is 0.386. The van der Waals surface area contributed by atoms with Crippen molar-refractivity contribution in [3.05, 3.63) is 65.2 Å². The van der Waals surface area contributed by atoms with Crippen LogP contribution in [-0.2, 0) is 6.54 Å². The molecule has 1 N–H and O–H groups in total. The quantitative estimate of drug-likeness (QED) is 0.530. The second kappa shape index (κ2) is 7.35. The van der Waals surface area contributed by atoms with E-state index in [9.17, 15) is 9.59 Å². The van der Waals surface area contributed by atoms with E-state index in [0.717, 1.165) is 5.39 Å². The number of methoxy groups -OCH3 is 1. The van der Waals surface area contributed by atoms with Gasteiger partial charge >= 0.3 is 0 Å². The van der Waals surface area contributed by atoms with Crippen LogP contribution in [0.3, 0.4) is 0 Å². The van der Waals surface area contributed by atoms with Crippen molar-refractivity contribution < 1.29 is 13.9 Å². The number of hydrogen-bond acceptors (Lipinski definition) is 7. The van der Waals surface area contributed by atoms with Crippen LogP contribution in [-0.4, -0.2) is 44.1 Å². The Morgan fingerprint density at radius 3 is 2.96 bits per heavy atom. The summed E-state index contributed by atoms with van der Waals surface area (Å²) < 4.78 is 13.5. The average Bonchev–Trinajstić information content (AvgIpc) is 3.38. The van der Waals surface area contributed by atoms with E-state index in [1.54, 1.807) is 18.2 Å². The third-order valence-electron chi connectivity index (χ3n) is 4.07. The molecule has 4 rings (SSSR count). The van der Waals surface area contributed by atoms with Crippen molar-refractivity contribution >= 4 is 16.9 Å². The lowest BCUT2D eigenvalue weighted by atomic mass is 10.2. The van der Waals surface area contributed by atoms with E-state index >= 15 is 0 Å². The first-order valence-electron chi connectivity index (χ1n) is 8.43. The van der Waals surface area contributed by atoms with Crippen molar-refractivity contribution in [1.29, 1.82) is 0 Å². The van der Waals surface area contributed by atoms with Gasteiger partial charge in [0.2, 0.25) is 0 Å². The number of ether oxygens (including phenoxy) is 1. The van der Waals surface area contributed by atoms with E-state index < -0.39 is 5.91 Å². The molecule has 0 aliphatic rings. The molecule has 0 spiro atoms. The fourth-order valence-electron chi connectivity index (χ4n) is 2.72. The van der Waals surface area contributed by atoms with Crippen LogP contribution in [0.15, 0.2) is 58.3 Å². The first-order valence-corrected chi connectivity index (χ1v) is 8.43. The van der Waals surface area contributed by atoms with Gasteiger partial charge in [-0.15, -0.1) is 5.10 Å². The molecule has 1 amide bonds. The number of hydrogen-bond donors (Lipinski definition) is 1. The van der Waals surface area contributed by atoms with Gasteiger partial charge in [-0.2, -0.15) is 5.10 Å². The number of amides is 1. The lowest BCUT2D eigenvalue weighted by molar-refractivity contribution is 0.0926. The van der Waals surface area contributed by atoms with Crippen LogP contribution < -0.4 is 15.6 Å². The summed E-state index contributed by atoms with van der Waals surface area (Å²) in [7, 11) is 1.54. The number of benzene rings is 1. The molecule has 142 valence electrons. The van der Waals surface area contributed by atoms with Crippen LogP contribution in [0.25, 0.3) is 16.8 Å². The molecule has 0 saturated heterocycles. The van der Waals surface area contributed by atoms with Gasteiger partial charge in [0.1, 0.15) is 12.7 Å². The zero-order valence-electron chi connectivity index (χ0n) is 14.9. The van der Waals surface area contributed by atoms with Crippen molar-refractivity contribution in [2.75, 3.05) is 13.7 Å². The van der Waals surface area contributed by atoms with E-state index in [-0.39, 0.29) is 24.4 Å². The Balaban J connectivity index is 1.45. The lowest BCUT2D eigenvalue weighted by Crippen LogP contribution is -2.32. The van der Waals surface area contributed by atoms with Crippen molar-refractivity contribution in [3.8, 4) is 11.6 Å². The fraction of sp³-hybridized carbons (Fsp3) is 0.167. The molecule has 0 aliphatic heterocycles. The summed E-state index contributed by atoms with van der Waals surface area (Å²) in [6.07, 6.45) is 2.86. The Labute approximate surface area is 158 Å². The molecule has 0 atom stereocenters. The van der Waals surface area contributed by atoms with Crippen LogP contribution in [0.2, 0.25) is 0 Å². The smallest absolute Gasteiger partial charge is 0.287 e. The van der Waals surface area contributed by atoms with Crippen molar-refractivity contribution in [2.24, 2.45) is 0 Å². The number of fused-ring (bicyclic) bond motifs is 1. The summed E-state index contributed by atoms with van der Waals surface area (Å²) in [5, 5.41) is 11.7. The monoisotopic (exact) mass is 380 g/mol. The van der Waals surface area contributed by atoms with E-state index in [1.807, 2.05) is 12.1 Å². The second-order valence-corrected chi connectivity index (χ2v) is 5.84. The van der Waals surface area contributed by atoms with E-state index in [1.165, 1.54) is 35.2 Å². The molecule has 28 heavy (non-hydrogen) atoms. The van der Waals surface area contributed by atoms with Gasteiger partial charge in [0.15, 0.2) is 22.9 Å². The summed E-state index contributed by atoms with van der Waals surface area (Å²) in [5.74, 6) is 0.778. The Kier molecular flexibility index (Phi) is 4.58. The van der Waals surface area contributed by atoms with Gasteiger partial charge in [-0.25, -0.2) is 14.3 Å². The third kappa shape index (κ3) is 3.34. The van der Waals surface area contributed by atoms with Gasteiger partial charge in [0.05, 0.1) is 13.7 Å². The molecule has 0 bridgehead atoms. The second-order valence-electron chi connectivity index (χ2n) is 5.84. The maximum atomic E-state index is 12.4. The minimum Gasteiger partial charge on any atom is -0.493 e. The molecular formula is C18H16N6O4. The summed E-state index contributed by atoms with van der Waals surface area (Å²) in [6, 6.07) is 9.98. The van der Waals surface area contributed by atoms with E-state index in [0.29, 0.717) is 17.2 Å². The molecule has 1 aromatic carbocycles. The SMILES string of the molecule is COc1cccc2cc(C(=O)NCCn3nc(-n4cncn4)ccc3=O)oc12. The number of carbonyl (C=O) groups is 1. The highest BCUT2D eigenvalue weighted by Gasteiger charge is 2.14. The third-order valence-corrected chi connectivity index (χ3v) is 4.07. The molecule has 3 aromatic heterocycles. The summed E-state index contributed by atoms with van der Waals surface area (Å²) >= 11 is 0. The number of para-hydroxylation sites is 1. The predicted molar refractivity (Wildman–Crippen MR) is 98.5 cm³/mol. The summed E-state index contributed by atoms with van der Waals surface area (Å²) in [5.41, 5.74) is 0.222. The molecule has 0 unspecified atom stereocenters. The average molecular weight is 380 g/mol.